The average molecular weight is 339 g/mol. The quantitative estimate of drug-likeness (QED) is 0.832. The van der Waals surface area contributed by atoms with Crippen molar-refractivity contribution in [2.75, 3.05) is 0 Å². The average Bonchev–Trinajstić information content (AvgIpc) is 3.15. The van der Waals surface area contributed by atoms with E-state index in [2.05, 4.69) is 0 Å². The third kappa shape index (κ3) is 3.40. The Labute approximate surface area is 137 Å². The van der Waals surface area contributed by atoms with Gasteiger partial charge in [-0.3, -0.25) is 0 Å². The van der Waals surface area contributed by atoms with Gasteiger partial charge >= 0.3 is 7.12 Å². The third-order valence-corrected chi connectivity index (χ3v) is 5.48. The van der Waals surface area contributed by atoms with E-state index in [4.69, 9.17) is 19.2 Å². The summed E-state index contributed by atoms with van der Waals surface area (Å²) in [7, 11) is -4.51. The van der Waals surface area contributed by atoms with Crippen LogP contribution in [0.15, 0.2) is 23.1 Å². The molecule has 8 heteroatoms. The normalized spacial score (nSPS) is 23.1. The Hall–Kier alpha value is -1.09. The van der Waals surface area contributed by atoms with Crippen molar-refractivity contribution in [2.45, 2.75) is 62.7 Å². The second kappa shape index (κ2) is 5.21. The van der Waals surface area contributed by atoms with E-state index < -0.39 is 28.3 Å². The smallest absolute Gasteiger partial charge is 0.490 e. The molecule has 2 aliphatic rings. The molecule has 0 spiro atoms. The Bertz CT molecular complexity index is 711. The maximum atomic E-state index is 11.7. The van der Waals surface area contributed by atoms with Gasteiger partial charge in [0.15, 0.2) is 0 Å². The van der Waals surface area contributed by atoms with Crippen LogP contribution in [0.5, 0.6) is 5.75 Å². The van der Waals surface area contributed by atoms with Gasteiger partial charge in [0, 0.05) is 6.07 Å². The maximum absolute atomic E-state index is 11.7. The van der Waals surface area contributed by atoms with Crippen molar-refractivity contribution < 1.29 is 22.5 Å². The minimum absolute atomic E-state index is 0.000335. The van der Waals surface area contributed by atoms with Crippen LogP contribution in [-0.4, -0.2) is 32.8 Å². The van der Waals surface area contributed by atoms with Crippen LogP contribution in [0.1, 0.15) is 40.5 Å². The maximum Gasteiger partial charge on any atom is 0.495 e. The van der Waals surface area contributed by atoms with Crippen LogP contribution in [-0.2, 0) is 19.3 Å². The number of nitrogens with two attached hydrogens (primary N) is 1. The molecule has 2 fully saturated rings. The molecule has 0 unspecified atom stereocenters. The van der Waals surface area contributed by atoms with Crippen molar-refractivity contribution in [3.8, 4) is 5.75 Å². The lowest BCUT2D eigenvalue weighted by Crippen LogP contribution is -2.41. The molecular weight excluding hydrogens is 317 g/mol. The van der Waals surface area contributed by atoms with Gasteiger partial charge < -0.3 is 14.0 Å². The molecule has 6 nitrogen and oxygen atoms in total. The minimum Gasteiger partial charge on any atom is -0.490 e. The van der Waals surface area contributed by atoms with Crippen LogP contribution in [0, 0.1) is 0 Å². The van der Waals surface area contributed by atoms with Crippen molar-refractivity contribution in [3.63, 3.8) is 0 Å². The topological polar surface area (TPSA) is 87.9 Å². The van der Waals surface area contributed by atoms with Crippen LogP contribution < -0.4 is 15.3 Å². The molecule has 1 aromatic rings. The van der Waals surface area contributed by atoms with Gasteiger partial charge in [0.1, 0.15) is 5.75 Å². The highest BCUT2D eigenvalue weighted by Gasteiger charge is 2.52. The number of rotatable bonds is 4. The van der Waals surface area contributed by atoms with Gasteiger partial charge in [-0.15, -0.1) is 0 Å². The highest BCUT2D eigenvalue weighted by molar-refractivity contribution is 7.89. The molecule has 126 valence electrons. The predicted molar refractivity (Wildman–Crippen MR) is 87.2 cm³/mol. The zero-order chi connectivity index (χ0) is 17.0. The van der Waals surface area contributed by atoms with Gasteiger partial charge in [0.25, 0.3) is 0 Å². The molecule has 1 aromatic carbocycles. The van der Waals surface area contributed by atoms with E-state index in [9.17, 15) is 8.42 Å². The fourth-order valence-electron chi connectivity index (χ4n) is 2.32. The largest absolute Gasteiger partial charge is 0.495 e. The van der Waals surface area contributed by atoms with Crippen molar-refractivity contribution >= 4 is 22.6 Å². The summed E-state index contributed by atoms with van der Waals surface area (Å²) in [6.45, 7) is 7.77. The first-order chi connectivity index (χ1) is 10.5. The summed E-state index contributed by atoms with van der Waals surface area (Å²) in [5.74, 6) is 0.476. The van der Waals surface area contributed by atoms with E-state index >= 15 is 0 Å². The third-order valence-electron chi connectivity index (χ3n) is 4.58. The molecule has 0 atom stereocenters. The molecule has 0 bridgehead atoms. The van der Waals surface area contributed by atoms with Gasteiger partial charge in [0.05, 0.1) is 22.2 Å². The molecule has 0 amide bonds. The molecule has 1 saturated carbocycles. The van der Waals surface area contributed by atoms with E-state index in [1.807, 2.05) is 27.7 Å². The lowest BCUT2D eigenvalue weighted by atomic mass is 9.79. The highest BCUT2D eigenvalue weighted by Crippen LogP contribution is 2.37. The lowest BCUT2D eigenvalue weighted by Gasteiger charge is -2.32. The Balaban J connectivity index is 1.98. The van der Waals surface area contributed by atoms with E-state index in [1.165, 1.54) is 12.1 Å². The number of sulfonamides is 1. The highest BCUT2D eigenvalue weighted by atomic mass is 32.2. The molecule has 23 heavy (non-hydrogen) atoms. The Morgan fingerprint density at radius 3 is 2.17 bits per heavy atom. The second-order valence-electron chi connectivity index (χ2n) is 7.19. The van der Waals surface area contributed by atoms with Crippen molar-refractivity contribution in [2.24, 2.45) is 5.14 Å². The fourth-order valence-corrected chi connectivity index (χ4v) is 2.90. The number of benzene rings is 1. The van der Waals surface area contributed by atoms with Gasteiger partial charge in [0.2, 0.25) is 10.0 Å². The van der Waals surface area contributed by atoms with E-state index in [0.29, 0.717) is 11.2 Å². The molecule has 0 radical (unpaired) electrons. The van der Waals surface area contributed by atoms with Crippen LogP contribution in [0.2, 0.25) is 0 Å². The summed E-state index contributed by atoms with van der Waals surface area (Å²) in [4.78, 5) is 0.000335. The first-order valence-electron chi connectivity index (χ1n) is 7.68. The van der Waals surface area contributed by atoms with Gasteiger partial charge in [-0.1, -0.05) is 0 Å². The second-order valence-corrected chi connectivity index (χ2v) is 8.75. The van der Waals surface area contributed by atoms with Gasteiger partial charge in [-0.2, -0.15) is 0 Å². The van der Waals surface area contributed by atoms with Gasteiger partial charge in [-0.05, 0) is 58.1 Å². The number of hydrogen-bond donors (Lipinski definition) is 1. The Morgan fingerprint density at radius 1 is 1.13 bits per heavy atom. The van der Waals surface area contributed by atoms with Crippen molar-refractivity contribution in [3.05, 3.63) is 18.2 Å². The summed E-state index contributed by atoms with van der Waals surface area (Å²) < 4.78 is 41.2. The zero-order valence-corrected chi connectivity index (χ0v) is 14.6. The Kier molecular flexibility index (Phi) is 3.79. The minimum atomic E-state index is -3.84. The van der Waals surface area contributed by atoms with Crippen molar-refractivity contribution in [1.29, 1.82) is 0 Å². The summed E-state index contributed by atoms with van der Waals surface area (Å²) in [6.07, 6.45) is 2.11. The first kappa shape index (κ1) is 16.8. The molecule has 1 aliphatic heterocycles. The fraction of sp³-hybridized carbons (Fsp3) is 0.600. The molecule has 0 aromatic heterocycles. The first-order valence-corrected chi connectivity index (χ1v) is 9.23. The summed E-state index contributed by atoms with van der Waals surface area (Å²) in [6, 6.07) is 4.69. The van der Waals surface area contributed by atoms with Crippen LogP contribution in [0.25, 0.3) is 0 Å². The van der Waals surface area contributed by atoms with Crippen LogP contribution in [0.3, 0.4) is 0 Å². The molecule has 1 aliphatic carbocycles. The number of hydrogen-bond acceptors (Lipinski definition) is 5. The van der Waals surface area contributed by atoms with E-state index in [1.54, 1.807) is 6.07 Å². The van der Waals surface area contributed by atoms with Crippen LogP contribution in [0.4, 0.5) is 0 Å². The molecule has 1 heterocycles. The summed E-state index contributed by atoms with van der Waals surface area (Å²) in [5, 5.41) is 5.28. The van der Waals surface area contributed by atoms with Crippen molar-refractivity contribution in [1.82, 2.24) is 0 Å². The SMILES string of the molecule is CC1(C)OB(c2cc(OC3CC3)cc(S(N)(=O)=O)c2)OC1(C)C. The summed E-state index contributed by atoms with van der Waals surface area (Å²) in [5.41, 5.74) is -0.426. The van der Waals surface area contributed by atoms with E-state index in [-0.39, 0.29) is 11.0 Å². The monoisotopic (exact) mass is 339 g/mol. The standard InChI is InChI=1S/C15H22BNO5S/c1-14(2)15(3,4)22-16(21-14)10-7-12(20-11-5-6-11)9-13(8-10)23(17,18)19/h7-9,11H,5-6H2,1-4H3,(H2,17,18,19). The number of primary sulfonamides is 1. The predicted octanol–water partition coefficient (Wildman–Crippen LogP) is 1.17. The molecule has 3 rings (SSSR count). The lowest BCUT2D eigenvalue weighted by molar-refractivity contribution is 0.00578. The zero-order valence-electron chi connectivity index (χ0n) is 13.8. The summed E-state index contributed by atoms with van der Waals surface area (Å²) >= 11 is 0. The van der Waals surface area contributed by atoms with Crippen LogP contribution >= 0.6 is 0 Å². The number of ether oxygens (including phenoxy) is 1. The molecular formula is C15H22BNO5S. The Morgan fingerprint density at radius 2 is 1.70 bits per heavy atom. The molecule has 1 saturated heterocycles. The van der Waals surface area contributed by atoms with Gasteiger partial charge in [-0.25, -0.2) is 13.6 Å². The van der Waals surface area contributed by atoms with E-state index in [0.717, 1.165) is 12.8 Å². The molecule has 2 N–H and O–H groups in total.